The van der Waals surface area contributed by atoms with Crippen LogP contribution >= 0.6 is 11.3 Å². The number of benzene rings is 1. The van der Waals surface area contributed by atoms with Crippen LogP contribution in [0.2, 0.25) is 0 Å². The van der Waals surface area contributed by atoms with Crippen LogP contribution in [0, 0.1) is 10.1 Å². The van der Waals surface area contributed by atoms with Gasteiger partial charge in [-0.3, -0.25) is 14.9 Å². The maximum Gasteiger partial charge on any atom is 0.341 e. The molecule has 0 saturated heterocycles. The molecule has 0 saturated carbocycles. The number of esters is 1. The molecular formula is C15H14N2O6S. The third-order valence-electron chi connectivity index (χ3n) is 2.81. The average molecular weight is 350 g/mol. The average Bonchev–Trinajstić information content (AvgIpc) is 3.01. The van der Waals surface area contributed by atoms with Gasteiger partial charge >= 0.3 is 5.97 Å². The number of carbonyl (C=O) groups is 2. The minimum atomic E-state index is -0.551. The second kappa shape index (κ2) is 8.06. The maximum atomic E-state index is 11.9. The van der Waals surface area contributed by atoms with Crippen LogP contribution < -0.4 is 10.1 Å². The number of amides is 1. The van der Waals surface area contributed by atoms with Crippen molar-refractivity contribution in [3.8, 4) is 5.75 Å². The highest BCUT2D eigenvalue weighted by molar-refractivity contribution is 7.14. The van der Waals surface area contributed by atoms with Gasteiger partial charge in [0.1, 0.15) is 10.8 Å². The zero-order chi connectivity index (χ0) is 17.5. The Labute approximate surface area is 141 Å². The molecule has 1 aromatic carbocycles. The van der Waals surface area contributed by atoms with Gasteiger partial charge in [-0.15, -0.1) is 11.3 Å². The summed E-state index contributed by atoms with van der Waals surface area (Å²) in [5.41, 5.74) is 0.140. The van der Waals surface area contributed by atoms with Crippen LogP contribution in [0.15, 0.2) is 35.7 Å². The zero-order valence-corrected chi connectivity index (χ0v) is 13.5. The van der Waals surface area contributed by atoms with E-state index < -0.39 is 16.8 Å². The Hall–Kier alpha value is -2.94. The van der Waals surface area contributed by atoms with Crippen molar-refractivity contribution in [1.29, 1.82) is 0 Å². The second-order valence-electron chi connectivity index (χ2n) is 4.48. The molecular weight excluding hydrogens is 336 g/mol. The first-order valence-electron chi connectivity index (χ1n) is 6.93. The summed E-state index contributed by atoms with van der Waals surface area (Å²) in [6.07, 6.45) is 0. The smallest absolute Gasteiger partial charge is 0.341 e. The van der Waals surface area contributed by atoms with Gasteiger partial charge in [-0.05, 0) is 24.4 Å². The Morgan fingerprint density at radius 3 is 2.83 bits per heavy atom. The number of thiophene rings is 1. The highest BCUT2D eigenvalue weighted by Crippen LogP contribution is 2.24. The monoisotopic (exact) mass is 350 g/mol. The van der Waals surface area contributed by atoms with E-state index in [-0.39, 0.29) is 30.2 Å². The maximum absolute atomic E-state index is 11.9. The van der Waals surface area contributed by atoms with E-state index in [1.807, 2.05) is 0 Å². The van der Waals surface area contributed by atoms with Gasteiger partial charge in [-0.25, -0.2) is 4.79 Å². The van der Waals surface area contributed by atoms with E-state index in [1.54, 1.807) is 18.4 Å². The zero-order valence-electron chi connectivity index (χ0n) is 12.7. The van der Waals surface area contributed by atoms with Gasteiger partial charge < -0.3 is 14.8 Å². The third-order valence-corrected chi connectivity index (χ3v) is 3.64. The molecule has 1 N–H and O–H groups in total. The van der Waals surface area contributed by atoms with Crippen LogP contribution in [0.1, 0.15) is 17.3 Å². The summed E-state index contributed by atoms with van der Waals surface area (Å²) in [7, 11) is 0. The SMILES string of the molecule is CCOC(=O)c1ccsc1NC(=O)COc1cccc([N+](=O)[O-])c1. The molecule has 2 rings (SSSR count). The molecule has 1 heterocycles. The van der Waals surface area contributed by atoms with E-state index in [0.717, 1.165) is 0 Å². The van der Waals surface area contributed by atoms with Gasteiger partial charge in [0.2, 0.25) is 0 Å². The van der Waals surface area contributed by atoms with Gasteiger partial charge in [0, 0.05) is 6.07 Å². The van der Waals surface area contributed by atoms with Gasteiger partial charge in [0.15, 0.2) is 6.61 Å². The first-order chi connectivity index (χ1) is 11.5. The number of carbonyl (C=O) groups excluding carboxylic acids is 2. The number of ether oxygens (including phenoxy) is 2. The van der Waals surface area contributed by atoms with Crippen LogP contribution in [0.5, 0.6) is 5.75 Å². The van der Waals surface area contributed by atoms with Crippen molar-refractivity contribution >= 4 is 33.9 Å². The van der Waals surface area contributed by atoms with E-state index >= 15 is 0 Å². The molecule has 2 aromatic rings. The largest absolute Gasteiger partial charge is 0.484 e. The second-order valence-corrected chi connectivity index (χ2v) is 5.39. The lowest BCUT2D eigenvalue weighted by Crippen LogP contribution is -2.21. The van der Waals surface area contributed by atoms with Crippen LogP contribution in [0.4, 0.5) is 10.7 Å². The van der Waals surface area contributed by atoms with Crippen LogP contribution in [0.25, 0.3) is 0 Å². The van der Waals surface area contributed by atoms with Crippen molar-refractivity contribution in [1.82, 2.24) is 0 Å². The number of nitro groups is 1. The Kier molecular flexibility index (Phi) is 5.85. The van der Waals surface area contributed by atoms with E-state index in [0.29, 0.717) is 5.00 Å². The van der Waals surface area contributed by atoms with Crippen molar-refractivity contribution in [2.24, 2.45) is 0 Å². The van der Waals surface area contributed by atoms with Crippen molar-refractivity contribution in [3.63, 3.8) is 0 Å². The van der Waals surface area contributed by atoms with Crippen LogP contribution in [0.3, 0.4) is 0 Å². The number of rotatable bonds is 7. The molecule has 126 valence electrons. The molecule has 0 aliphatic heterocycles. The molecule has 1 aromatic heterocycles. The number of hydrogen-bond acceptors (Lipinski definition) is 7. The topological polar surface area (TPSA) is 108 Å². The predicted molar refractivity (Wildman–Crippen MR) is 87.5 cm³/mol. The van der Waals surface area contributed by atoms with E-state index in [4.69, 9.17) is 9.47 Å². The minimum absolute atomic E-state index is 0.129. The van der Waals surface area contributed by atoms with Gasteiger partial charge in [-0.1, -0.05) is 6.07 Å². The minimum Gasteiger partial charge on any atom is -0.484 e. The molecule has 0 aliphatic carbocycles. The van der Waals surface area contributed by atoms with E-state index in [2.05, 4.69) is 5.32 Å². The van der Waals surface area contributed by atoms with E-state index in [1.165, 1.54) is 35.6 Å². The highest BCUT2D eigenvalue weighted by Gasteiger charge is 2.16. The quantitative estimate of drug-likeness (QED) is 0.467. The molecule has 9 heteroatoms. The van der Waals surface area contributed by atoms with Gasteiger partial charge in [-0.2, -0.15) is 0 Å². The summed E-state index contributed by atoms with van der Waals surface area (Å²) in [6, 6.07) is 7.07. The standard InChI is InChI=1S/C15H14N2O6S/c1-2-22-15(19)12-6-7-24-14(12)16-13(18)9-23-11-5-3-4-10(8-11)17(20)21/h3-8H,2,9H2,1H3,(H,16,18). The molecule has 0 radical (unpaired) electrons. The van der Waals surface area contributed by atoms with Crippen LogP contribution in [-0.2, 0) is 9.53 Å². The van der Waals surface area contributed by atoms with E-state index in [9.17, 15) is 19.7 Å². The number of anilines is 1. The molecule has 0 bridgehead atoms. The number of nitro benzene ring substituents is 1. The first-order valence-corrected chi connectivity index (χ1v) is 7.81. The summed E-state index contributed by atoms with van der Waals surface area (Å²) in [6.45, 7) is 1.58. The van der Waals surface area contributed by atoms with Crippen molar-refractivity contribution in [3.05, 3.63) is 51.4 Å². The number of non-ortho nitro benzene ring substituents is 1. The summed E-state index contributed by atoms with van der Waals surface area (Å²) < 4.78 is 10.1. The Bertz CT molecular complexity index is 758. The van der Waals surface area contributed by atoms with Gasteiger partial charge in [0.05, 0.1) is 23.2 Å². The van der Waals surface area contributed by atoms with Crippen LogP contribution in [-0.4, -0.2) is 30.0 Å². The predicted octanol–water partition coefficient (Wildman–Crippen LogP) is 2.85. The molecule has 0 unspecified atom stereocenters. The molecule has 0 spiro atoms. The molecule has 24 heavy (non-hydrogen) atoms. The Morgan fingerprint density at radius 2 is 2.12 bits per heavy atom. The fraction of sp³-hybridized carbons (Fsp3) is 0.200. The first kappa shape index (κ1) is 17.4. The normalized spacial score (nSPS) is 10.0. The number of hydrogen-bond donors (Lipinski definition) is 1. The van der Waals surface area contributed by atoms with Crippen molar-refractivity contribution < 1.29 is 24.0 Å². The fourth-order valence-corrected chi connectivity index (χ4v) is 2.57. The summed E-state index contributed by atoms with van der Waals surface area (Å²) in [5, 5.41) is 15.3. The lowest BCUT2D eigenvalue weighted by molar-refractivity contribution is -0.384. The van der Waals surface area contributed by atoms with Gasteiger partial charge in [0.25, 0.3) is 11.6 Å². The third kappa shape index (κ3) is 4.53. The molecule has 0 fully saturated rings. The summed E-state index contributed by atoms with van der Waals surface area (Å²) in [4.78, 5) is 33.8. The lowest BCUT2D eigenvalue weighted by Gasteiger charge is -2.08. The summed E-state index contributed by atoms with van der Waals surface area (Å²) in [5.74, 6) is -0.806. The fourth-order valence-electron chi connectivity index (χ4n) is 1.77. The Balaban J connectivity index is 1.95. The van der Waals surface area contributed by atoms with Crippen molar-refractivity contribution in [2.75, 3.05) is 18.5 Å². The van der Waals surface area contributed by atoms with Crippen molar-refractivity contribution in [2.45, 2.75) is 6.92 Å². The molecule has 8 nitrogen and oxygen atoms in total. The number of nitrogens with zero attached hydrogens (tertiary/aromatic N) is 1. The Morgan fingerprint density at radius 1 is 1.33 bits per heavy atom. The molecule has 0 aliphatic rings. The summed E-state index contributed by atoms with van der Waals surface area (Å²) >= 11 is 1.18. The lowest BCUT2D eigenvalue weighted by atomic mass is 10.3. The number of nitrogens with one attached hydrogen (secondary N) is 1. The molecule has 1 amide bonds. The highest BCUT2D eigenvalue weighted by atomic mass is 32.1. The molecule has 0 atom stereocenters.